The Morgan fingerprint density at radius 2 is 1.67 bits per heavy atom. The molecule has 3 aromatic carbocycles. The van der Waals surface area contributed by atoms with Crippen molar-refractivity contribution < 1.29 is 19.1 Å². The van der Waals surface area contributed by atoms with Gasteiger partial charge in [0, 0.05) is 5.39 Å². The zero-order valence-electron chi connectivity index (χ0n) is 21.7. The number of hydrogen-bond acceptors (Lipinski definition) is 6. The van der Waals surface area contributed by atoms with Crippen molar-refractivity contribution in [2.45, 2.75) is 38.5 Å². The molecule has 39 heavy (non-hydrogen) atoms. The number of fused-ring (bicyclic) bond motifs is 1. The number of thiocarbonyl (C=S) groups is 1. The number of methoxy groups -OCH3 is 1. The largest absolute Gasteiger partial charge is 0.493 e. The van der Waals surface area contributed by atoms with Crippen LogP contribution >= 0.6 is 24.0 Å². The van der Waals surface area contributed by atoms with E-state index in [0.29, 0.717) is 38.5 Å². The van der Waals surface area contributed by atoms with Gasteiger partial charge >= 0.3 is 5.97 Å². The molecule has 8 rings (SSSR count). The third-order valence-corrected chi connectivity index (χ3v) is 10.3. The molecule has 1 heterocycles. The molecule has 0 radical (unpaired) electrons. The molecule has 4 aliphatic carbocycles. The van der Waals surface area contributed by atoms with E-state index in [0.717, 1.165) is 41.3 Å². The van der Waals surface area contributed by atoms with Gasteiger partial charge < -0.3 is 9.47 Å². The molecule has 0 spiro atoms. The van der Waals surface area contributed by atoms with Crippen molar-refractivity contribution in [3.8, 4) is 11.5 Å². The van der Waals surface area contributed by atoms with Crippen LogP contribution in [0.15, 0.2) is 65.6 Å². The standard InChI is InChI=1S/C32H29NO4S2/c1-36-27-14-19(9-10-26(27)37-30(35)32-16-20-11-21(17-32)13-22(12-20)18-32)15-28-29(34)33(31(38)39-28)25-8-4-6-23-5-2-3-7-24(23)25/h2-10,14-15,20-22H,11-13,16-18H2,1H3/b28-15+. The molecule has 1 amide bonds. The minimum absolute atomic E-state index is 0.108. The van der Waals surface area contributed by atoms with Gasteiger partial charge in [-0.1, -0.05) is 66.4 Å². The van der Waals surface area contributed by atoms with E-state index in [9.17, 15) is 9.59 Å². The molecule has 0 atom stereocenters. The van der Waals surface area contributed by atoms with Crippen LogP contribution in [0.25, 0.3) is 16.8 Å². The first-order chi connectivity index (χ1) is 18.9. The van der Waals surface area contributed by atoms with Crippen molar-refractivity contribution in [1.29, 1.82) is 0 Å². The summed E-state index contributed by atoms with van der Waals surface area (Å²) in [6.45, 7) is 0. The molecule has 0 aromatic heterocycles. The van der Waals surface area contributed by atoms with Crippen LogP contribution in [0.2, 0.25) is 0 Å². The number of carbonyl (C=O) groups excluding carboxylic acids is 2. The van der Waals surface area contributed by atoms with Gasteiger partial charge in [-0.15, -0.1) is 0 Å². The monoisotopic (exact) mass is 555 g/mol. The fourth-order valence-corrected chi connectivity index (χ4v) is 8.94. The molecule has 198 valence electrons. The zero-order chi connectivity index (χ0) is 26.7. The van der Waals surface area contributed by atoms with Gasteiger partial charge in [-0.2, -0.15) is 0 Å². The van der Waals surface area contributed by atoms with Crippen LogP contribution in [0.3, 0.4) is 0 Å². The maximum absolute atomic E-state index is 13.5. The summed E-state index contributed by atoms with van der Waals surface area (Å²) in [6, 6.07) is 19.3. The van der Waals surface area contributed by atoms with Gasteiger partial charge in [0.15, 0.2) is 15.8 Å². The van der Waals surface area contributed by atoms with Crippen molar-refractivity contribution in [1.82, 2.24) is 0 Å². The molecular formula is C32H29NO4S2. The zero-order valence-corrected chi connectivity index (χ0v) is 23.4. The van der Waals surface area contributed by atoms with E-state index < -0.39 is 0 Å². The predicted octanol–water partition coefficient (Wildman–Crippen LogP) is 7.38. The Balaban J connectivity index is 1.13. The molecular weight excluding hydrogens is 526 g/mol. The normalized spacial score (nSPS) is 28.5. The average molecular weight is 556 g/mol. The van der Waals surface area contributed by atoms with E-state index in [4.69, 9.17) is 21.7 Å². The van der Waals surface area contributed by atoms with Crippen LogP contribution in [-0.2, 0) is 9.59 Å². The summed E-state index contributed by atoms with van der Waals surface area (Å²) in [5.41, 5.74) is 1.22. The summed E-state index contributed by atoms with van der Waals surface area (Å²) in [6.07, 6.45) is 8.51. The molecule has 5 fully saturated rings. The number of benzene rings is 3. The Labute approximate surface area is 237 Å². The number of anilines is 1. The Morgan fingerprint density at radius 1 is 0.974 bits per heavy atom. The molecule has 1 aliphatic heterocycles. The van der Waals surface area contributed by atoms with Gasteiger partial charge in [0.2, 0.25) is 0 Å². The lowest BCUT2D eigenvalue weighted by atomic mass is 9.49. The molecule has 4 bridgehead atoms. The molecule has 1 saturated heterocycles. The Bertz CT molecular complexity index is 1520. The van der Waals surface area contributed by atoms with Crippen LogP contribution in [0.1, 0.15) is 44.1 Å². The molecule has 5 aliphatic rings. The van der Waals surface area contributed by atoms with Crippen molar-refractivity contribution in [3.63, 3.8) is 0 Å². The van der Waals surface area contributed by atoms with Gasteiger partial charge in [-0.05, 0) is 91.5 Å². The quantitative estimate of drug-likeness (QED) is 0.142. The van der Waals surface area contributed by atoms with E-state index in [1.54, 1.807) is 18.1 Å². The van der Waals surface area contributed by atoms with Crippen LogP contribution in [0.5, 0.6) is 11.5 Å². The lowest BCUT2D eigenvalue weighted by Crippen LogP contribution is -2.51. The maximum atomic E-state index is 13.5. The summed E-state index contributed by atoms with van der Waals surface area (Å²) in [7, 11) is 1.57. The van der Waals surface area contributed by atoms with Crippen LogP contribution in [-0.4, -0.2) is 23.3 Å². The lowest BCUT2D eigenvalue weighted by Gasteiger charge is -2.55. The first-order valence-electron chi connectivity index (χ1n) is 13.6. The number of thioether (sulfide) groups is 1. The highest BCUT2D eigenvalue weighted by molar-refractivity contribution is 8.27. The Morgan fingerprint density at radius 3 is 2.38 bits per heavy atom. The minimum Gasteiger partial charge on any atom is -0.493 e. The summed E-state index contributed by atoms with van der Waals surface area (Å²) >= 11 is 6.91. The first kappa shape index (κ1) is 24.9. The van der Waals surface area contributed by atoms with E-state index in [-0.39, 0.29) is 17.3 Å². The summed E-state index contributed by atoms with van der Waals surface area (Å²) in [5.74, 6) is 2.65. The van der Waals surface area contributed by atoms with Crippen LogP contribution < -0.4 is 14.4 Å². The van der Waals surface area contributed by atoms with Gasteiger partial charge in [-0.3, -0.25) is 14.5 Å². The number of hydrogen-bond donors (Lipinski definition) is 0. The highest BCUT2D eigenvalue weighted by Gasteiger charge is 2.55. The second-order valence-electron chi connectivity index (χ2n) is 11.5. The number of amides is 1. The van der Waals surface area contributed by atoms with Crippen LogP contribution in [0.4, 0.5) is 5.69 Å². The maximum Gasteiger partial charge on any atom is 0.317 e. The second-order valence-corrected chi connectivity index (χ2v) is 13.2. The van der Waals surface area contributed by atoms with E-state index in [1.807, 2.05) is 60.7 Å². The fourth-order valence-electron chi connectivity index (χ4n) is 7.66. The smallest absolute Gasteiger partial charge is 0.317 e. The SMILES string of the molecule is COc1cc(/C=C2/SC(=S)N(c3cccc4ccccc34)C2=O)ccc1OC(=O)C12CC3CC(CC(C3)C1)C2. The Kier molecular flexibility index (Phi) is 6.05. The van der Waals surface area contributed by atoms with Crippen molar-refractivity contribution in [2.75, 3.05) is 12.0 Å². The van der Waals surface area contributed by atoms with E-state index in [1.165, 1.54) is 31.0 Å². The number of rotatable bonds is 5. The number of carbonyl (C=O) groups is 2. The summed E-state index contributed by atoms with van der Waals surface area (Å²) < 4.78 is 12.1. The van der Waals surface area contributed by atoms with Gasteiger partial charge in [0.05, 0.1) is 23.1 Å². The lowest BCUT2D eigenvalue weighted by molar-refractivity contribution is -0.161. The third-order valence-electron chi connectivity index (χ3n) is 8.96. The topological polar surface area (TPSA) is 55.8 Å². The molecule has 7 heteroatoms. The minimum atomic E-state index is -0.339. The van der Waals surface area contributed by atoms with Crippen molar-refractivity contribution >= 4 is 62.7 Å². The highest BCUT2D eigenvalue weighted by Crippen LogP contribution is 2.60. The van der Waals surface area contributed by atoms with E-state index >= 15 is 0 Å². The Hall–Kier alpha value is -3.16. The molecule has 0 N–H and O–H groups in total. The van der Waals surface area contributed by atoms with Crippen molar-refractivity contribution in [3.05, 3.63) is 71.1 Å². The number of esters is 1. The van der Waals surface area contributed by atoms with E-state index in [2.05, 4.69) is 0 Å². The first-order valence-corrected chi connectivity index (χ1v) is 14.8. The fraction of sp³-hybridized carbons (Fsp3) is 0.344. The molecule has 4 saturated carbocycles. The second kappa shape index (κ2) is 9.49. The van der Waals surface area contributed by atoms with Gasteiger partial charge in [-0.25, -0.2) is 0 Å². The molecule has 0 unspecified atom stereocenters. The third kappa shape index (κ3) is 4.27. The summed E-state index contributed by atoms with van der Waals surface area (Å²) in [5, 5.41) is 2.03. The number of nitrogens with zero attached hydrogens (tertiary/aromatic N) is 1. The highest BCUT2D eigenvalue weighted by atomic mass is 32.2. The number of ether oxygens (including phenoxy) is 2. The van der Waals surface area contributed by atoms with Crippen LogP contribution in [0, 0.1) is 23.2 Å². The van der Waals surface area contributed by atoms with Gasteiger partial charge in [0.25, 0.3) is 5.91 Å². The van der Waals surface area contributed by atoms with Gasteiger partial charge in [0.1, 0.15) is 0 Å². The molecule has 5 nitrogen and oxygen atoms in total. The van der Waals surface area contributed by atoms with Crippen molar-refractivity contribution in [2.24, 2.45) is 23.2 Å². The predicted molar refractivity (Wildman–Crippen MR) is 159 cm³/mol. The molecule has 3 aromatic rings. The average Bonchev–Trinajstić information content (AvgIpc) is 3.20. The summed E-state index contributed by atoms with van der Waals surface area (Å²) in [4.78, 5) is 29.1.